The molecule has 1 N–H and O–H groups in total. The van der Waals surface area contributed by atoms with Crippen molar-refractivity contribution in [1.82, 2.24) is 15.0 Å². The summed E-state index contributed by atoms with van der Waals surface area (Å²) in [6.45, 7) is 0. The van der Waals surface area contributed by atoms with Gasteiger partial charge < -0.3 is 9.40 Å². The van der Waals surface area contributed by atoms with Crippen LogP contribution in [-0.4, -0.2) is 15.0 Å². The Morgan fingerprint density at radius 3 is 2.64 bits per heavy atom. The van der Waals surface area contributed by atoms with Crippen molar-refractivity contribution >= 4 is 55.2 Å². The smallest absolute Gasteiger partial charge is 0.259 e. The number of aromatic amines is 1. The van der Waals surface area contributed by atoms with Crippen molar-refractivity contribution in [3.63, 3.8) is 0 Å². The summed E-state index contributed by atoms with van der Waals surface area (Å²) in [6.07, 6.45) is 1.63. The summed E-state index contributed by atoms with van der Waals surface area (Å²) in [7, 11) is 0. The van der Waals surface area contributed by atoms with Crippen LogP contribution in [0.3, 0.4) is 0 Å². The van der Waals surface area contributed by atoms with Gasteiger partial charge in [0.15, 0.2) is 16.6 Å². The Morgan fingerprint density at radius 1 is 1.00 bits per heavy atom. The van der Waals surface area contributed by atoms with Crippen LogP contribution in [0.25, 0.3) is 43.0 Å². The second-order valence-corrected chi connectivity index (χ2v) is 7.55. The van der Waals surface area contributed by atoms with Gasteiger partial charge in [-0.05, 0) is 36.4 Å². The highest BCUT2D eigenvalue weighted by Crippen LogP contribution is 2.32. The summed E-state index contributed by atoms with van der Waals surface area (Å²) < 4.78 is 6.98. The van der Waals surface area contributed by atoms with E-state index in [1.807, 2.05) is 42.5 Å². The van der Waals surface area contributed by atoms with E-state index in [4.69, 9.17) is 16.0 Å². The first kappa shape index (κ1) is 16.9. The molecule has 0 saturated heterocycles. The second-order valence-electron chi connectivity index (χ2n) is 6.11. The molecule has 0 bridgehead atoms. The fraction of sp³-hybridized carbons (Fsp3) is 0. The molecule has 0 fully saturated rings. The molecule has 5 aromatic rings. The van der Waals surface area contributed by atoms with Gasteiger partial charge in [0.2, 0.25) is 0 Å². The number of aromatic nitrogens is 3. The number of para-hydroxylation sites is 2. The van der Waals surface area contributed by atoms with E-state index in [1.165, 1.54) is 0 Å². The maximum Gasteiger partial charge on any atom is 0.259 e. The molecule has 0 saturated carbocycles. The summed E-state index contributed by atoms with van der Waals surface area (Å²) in [5.74, 6) is 1.51. The van der Waals surface area contributed by atoms with Crippen molar-refractivity contribution in [2.24, 2.45) is 0 Å². The average molecular weight is 406 g/mol. The van der Waals surface area contributed by atoms with Gasteiger partial charge in [-0.2, -0.15) is 0 Å². The van der Waals surface area contributed by atoms with Gasteiger partial charge in [0, 0.05) is 6.08 Å². The molecule has 0 amide bonds. The molecule has 5 nitrogen and oxygen atoms in total. The van der Waals surface area contributed by atoms with E-state index in [0.29, 0.717) is 28.2 Å². The Labute approximate surface area is 168 Å². The van der Waals surface area contributed by atoms with E-state index in [1.54, 1.807) is 35.6 Å². The summed E-state index contributed by atoms with van der Waals surface area (Å²) in [6, 6.07) is 18.7. The molecule has 0 spiro atoms. The lowest BCUT2D eigenvalue weighted by atomic mass is 10.2. The minimum atomic E-state index is -0.234. The number of benzene rings is 2. The molecule has 3 heterocycles. The summed E-state index contributed by atoms with van der Waals surface area (Å²) in [5, 5.41) is 1.61. The third-order valence-corrected chi connectivity index (χ3v) is 5.58. The molecule has 7 heteroatoms. The standard InChI is InChI=1S/C21H12ClN3O2S/c22-14(19-23-15-6-2-1-5-13(15)20(26)25-19)11-12-9-10-17(27-12)21-24-16-7-3-4-8-18(16)28-21/h1-11H,(H,23,25,26)/b14-11-. The molecule has 5 rings (SSSR count). The lowest BCUT2D eigenvalue weighted by molar-refractivity contribution is 0.571. The van der Waals surface area contributed by atoms with Crippen molar-refractivity contribution in [3.8, 4) is 10.8 Å². The van der Waals surface area contributed by atoms with Crippen LogP contribution in [0.1, 0.15) is 11.6 Å². The van der Waals surface area contributed by atoms with Crippen molar-refractivity contribution in [2.75, 3.05) is 0 Å². The maximum absolute atomic E-state index is 12.2. The summed E-state index contributed by atoms with van der Waals surface area (Å²) in [5.41, 5.74) is 1.29. The van der Waals surface area contributed by atoms with Crippen molar-refractivity contribution in [1.29, 1.82) is 0 Å². The summed E-state index contributed by atoms with van der Waals surface area (Å²) in [4.78, 5) is 23.9. The third kappa shape index (κ3) is 3.02. The van der Waals surface area contributed by atoms with E-state index < -0.39 is 0 Å². The molecule has 0 aliphatic rings. The van der Waals surface area contributed by atoms with Crippen molar-refractivity contribution in [2.45, 2.75) is 0 Å². The second kappa shape index (κ2) is 6.74. The van der Waals surface area contributed by atoms with Gasteiger partial charge in [0.25, 0.3) is 5.56 Å². The van der Waals surface area contributed by atoms with Crippen LogP contribution < -0.4 is 5.56 Å². The average Bonchev–Trinajstić information content (AvgIpc) is 3.34. The van der Waals surface area contributed by atoms with Gasteiger partial charge in [0.05, 0.1) is 26.2 Å². The zero-order valence-electron chi connectivity index (χ0n) is 14.3. The zero-order chi connectivity index (χ0) is 19.1. The predicted molar refractivity (Wildman–Crippen MR) is 113 cm³/mol. The molecule has 0 atom stereocenters. The lowest BCUT2D eigenvalue weighted by Crippen LogP contribution is -2.10. The van der Waals surface area contributed by atoms with Gasteiger partial charge >= 0.3 is 0 Å². The Kier molecular flexibility index (Phi) is 4.07. The molecular formula is C21H12ClN3O2S. The van der Waals surface area contributed by atoms with Crippen molar-refractivity contribution in [3.05, 3.63) is 82.6 Å². The number of furan rings is 1. The Hall–Kier alpha value is -3.22. The fourth-order valence-electron chi connectivity index (χ4n) is 2.92. The minimum Gasteiger partial charge on any atom is -0.454 e. The van der Waals surface area contributed by atoms with E-state index in [0.717, 1.165) is 15.2 Å². The van der Waals surface area contributed by atoms with Gasteiger partial charge in [-0.3, -0.25) is 4.79 Å². The number of thiazole rings is 1. The number of hydrogen-bond donors (Lipinski definition) is 1. The van der Waals surface area contributed by atoms with Crippen LogP contribution in [0.5, 0.6) is 0 Å². The van der Waals surface area contributed by atoms with Crippen LogP contribution in [0.2, 0.25) is 0 Å². The largest absolute Gasteiger partial charge is 0.454 e. The number of nitrogens with one attached hydrogen (secondary N) is 1. The van der Waals surface area contributed by atoms with Crippen LogP contribution in [0, 0.1) is 0 Å². The number of H-pyrrole nitrogens is 1. The summed E-state index contributed by atoms with van der Waals surface area (Å²) >= 11 is 7.95. The highest BCUT2D eigenvalue weighted by atomic mass is 35.5. The monoisotopic (exact) mass is 405 g/mol. The zero-order valence-corrected chi connectivity index (χ0v) is 15.9. The lowest BCUT2D eigenvalue weighted by Gasteiger charge is -2.01. The van der Waals surface area contributed by atoms with E-state index in [2.05, 4.69) is 15.0 Å². The quantitative estimate of drug-likeness (QED) is 0.428. The number of halogens is 1. The van der Waals surface area contributed by atoms with E-state index in [-0.39, 0.29) is 10.6 Å². The highest BCUT2D eigenvalue weighted by Gasteiger charge is 2.11. The van der Waals surface area contributed by atoms with Gasteiger partial charge in [-0.25, -0.2) is 9.97 Å². The van der Waals surface area contributed by atoms with Crippen molar-refractivity contribution < 1.29 is 4.42 Å². The normalized spacial score (nSPS) is 12.1. The van der Waals surface area contributed by atoms with Crippen LogP contribution in [0.15, 0.2) is 69.9 Å². The molecule has 0 unspecified atom stereocenters. The highest BCUT2D eigenvalue weighted by molar-refractivity contribution is 7.21. The minimum absolute atomic E-state index is 0.234. The number of rotatable bonds is 3. The number of fused-ring (bicyclic) bond motifs is 2. The number of hydrogen-bond acceptors (Lipinski definition) is 5. The molecule has 0 radical (unpaired) electrons. The molecule has 3 aromatic heterocycles. The van der Waals surface area contributed by atoms with Crippen LogP contribution in [-0.2, 0) is 0 Å². The molecule has 2 aromatic carbocycles. The maximum atomic E-state index is 12.2. The molecule has 136 valence electrons. The third-order valence-electron chi connectivity index (χ3n) is 4.24. The van der Waals surface area contributed by atoms with Gasteiger partial charge in [-0.15, -0.1) is 11.3 Å². The number of nitrogens with zero attached hydrogens (tertiary/aromatic N) is 2. The molecular weight excluding hydrogens is 394 g/mol. The van der Waals surface area contributed by atoms with E-state index >= 15 is 0 Å². The predicted octanol–water partition coefficient (Wildman–Crippen LogP) is 5.53. The van der Waals surface area contributed by atoms with Crippen LogP contribution >= 0.6 is 22.9 Å². The Morgan fingerprint density at radius 2 is 1.79 bits per heavy atom. The van der Waals surface area contributed by atoms with Gasteiger partial charge in [0.1, 0.15) is 5.76 Å². The van der Waals surface area contributed by atoms with Gasteiger partial charge in [-0.1, -0.05) is 35.9 Å². The van der Waals surface area contributed by atoms with E-state index in [9.17, 15) is 4.79 Å². The molecule has 28 heavy (non-hydrogen) atoms. The Balaban J connectivity index is 1.50. The van der Waals surface area contributed by atoms with Crippen LogP contribution in [0.4, 0.5) is 0 Å². The Bertz CT molecular complexity index is 1380. The first-order valence-electron chi connectivity index (χ1n) is 8.50. The first-order chi connectivity index (χ1) is 13.7. The molecule has 0 aliphatic heterocycles. The molecule has 0 aliphatic carbocycles. The first-order valence-corrected chi connectivity index (χ1v) is 9.69. The SMILES string of the molecule is O=c1[nH]c(/C(Cl)=C/c2ccc(-c3nc4ccccc4s3)o2)nc2ccccc12. The topological polar surface area (TPSA) is 71.8 Å². The fourth-order valence-corrected chi connectivity index (χ4v) is 4.04.